The molecule has 5 nitrogen and oxygen atoms in total. The normalized spacial score (nSPS) is 29.6. The standard InChI is InChI=1S/C14H23N5/c1-2-4-15-10-12-3-5-16-14(17-12)13-11-18-6-8-19(13)9-7-18/h3,5,13,15H,2,4,6-11H2,1H3. The molecule has 1 unspecified atom stereocenters. The first-order chi connectivity index (χ1) is 9.36. The fourth-order valence-corrected chi connectivity index (χ4v) is 2.93. The number of nitrogens with zero attached hydrogens (tertiary/aromatic N) is 4. The maximum absolute atomic E-state index is 4.75. The number of hydrogen-bond donors (Lipinski definition) is 1. The van der Waals surface area contributed by atoms with Crippen LogP contribution in [0.2, 0.25) is 0 Å². The van der Waals surface area contributed by atoms with Gasteiger partial charge in [-0.05, 0) is 19.0 Å². The molecule has 3 saturated heterocycles. The minimum atomic E-state index is 0.397. The number of fused-ring (bicyclic) bond motifs is 3. The van der Waals surface area contributed by atoms with Crippen molar-refractivity contribution in [2.24, 2.45) is 0 Å². The fourth-order valence-electron chi connectivity index (χ4n) is 2.93. The summed E-state index contributed by atoms with van der Waals surface area (Å²) in [7, 11) is 0. The molecule has 1 aromatic rings. The van der Waals surface area contributed by atoms with Crippen LogP contribution in [-0.2, 0) is 6.54 Å². The van der Waals surface area contributed by atoms with Crippen LogP contribution in [0.3, 0.4) is 0 Å². The monoisotopic (exact) mass is 261 g/mol. The van der Waals surface area contributed by atoms with Crippen molar-refractivity contribution >= 4 is 0 Å². The number of hydrogen-bond acceptors (Lipinski definition) is 5. The van der Waals surface area contributed by atoms with Crippen LogP contribution in [-0.4, -0.2) is 59.0 Å². The Hall–Kier alpha value is -1.04. The summed E-state index contributed by atoms with van der Waals surface area (Å²) in [5.41, 5.74) is 1.11. The van der Waals surface area contributed by atoms with Gasteiger partial charge in [0.15, 0.2) is 0 Å². The number of nitrogens with one attached hydrogen (secondary N) is 1. The van der Waals surface area contributed by atoms with E-state index < -0.39 is 0 Å². The van der Waals surface area contributed by atoms with Gasteiger partial charge in [-0.2, -0.15) is 0 Å². The van der Waals surface area contributed by atoms with Gasteiger partial charge in [0.25, 0.3) is 0 Å². The predicted octanol–water partition coefficient (Wildman–Crippen LogP) is 0.649. The molecule has 104 valence electrons. The second-order valence-electron chi connectivity index (χ2n) is 5.44. The number of rotatable bonds is 5. The molecule has 0 saturated carbocycles. The highest BCUT2D eigenvalue weighted by atomic mass is 15.4. The summed E-state index contributed by atoms with van der Waals surface area (Å²) in [6.07, 6.45) is 3.06. The smallest absolute Gasteiger partial charge is 0.147 e. The van der Waals surface area contributed by atoms with E-state index in [1.807, 2.05) is 12.3 Å². The molecular weight excluding hydrogens is 238 g/mol. The molecule has 0 aromatic carbocycles. The third-order valence-corrected chi connectivity index (χ3v) is 4.04. The van der Waals surface area contributed by atoms with Crippen LogP contribution in [0.25, 0.3) is 0 Å². The summed E-state index contributed by atoms with van der Waals surface area (Å²) < 4.78 is 0. The summed E-state index contributed by atoms with van der Waals surface area (Å²) in [5, 5.41) is 3.40. The Bertz CT molecular complexity index is 414. The van der Waals surface area contributed by atoms with Gasteiger partial charge in [-0.25, -0.2) is 9.97 Å². The van der Waals surface area contributed by atoms with Crippen LogP contribution in [0.4, 0.5) is 0 Å². The van der Waals surface area contributed by atoms with Gasteiger partial charge in [-0.15, -0.1) is 0 Å². The Labute approximate surface area is 115 Å². The van der Waals surface area contributed by atoms with Gasteiger partial charge in [0.1, 0.15) is 5.82 Å². The quantitative estimate of drug-likeness (QED) is 0.788. The second kappa shape index (κ2) is 5.94. The Morgan fingerprint density at radius 2 is 2.16 bits per heavy atom. The molecule has 1 N–H and O–H groups in total. The van der Waals surface area contributed by atoms with Crippen LogP contribution in [0.15, 0.2) is 12.3 Å². The van der Waals surface area contributed by atoms with E-state index in [2.05, 4.69) is 27.0 Å². The first-order valence-corrected chi connectivity index (χ1v) is 7.36. The molecule has 3 aliphatic heterocycles. The van der Waals surface area contributed by atoms with Crippen LogP contribution in [0, 0.1) is 0 Å². The Kier molecular flexibility index (Phi) is 4.06. The molecule has 2 bridgehead atoms. The second-order valence-corrected chi connectivity index (χ2v) is 5.44. The van der Waals surface area contributed by atoms with Crippen molar-refractivity contribution in [2.45, 2.75) is 25.9 Å². The molecule has 0 spiro atoms. The summed E-state index contributed by atoms with van der Waals surface area (Å²) in [5.74, 6) is 1.00. The van der Waals surface area contributed by atoms with E-state index in [0.717, 1.165) is 50.7 Å². The third kappa shape index (κ3) is 2.94. The predicted molar refractivity (Wildman–Crippen MR) is 74.8 cm³/mol. The summed E-state index contributed by atoms with van der Waals surface area (Å²) >= 11 is 0. The SMILES string of the molecule is CCCNCc1ccnc(C2CN3CCN2CC3)n1. The lowest BCUT2D eigenvalue weighted by atomic mass is 10.1. The van der Waals surface area contributed by atoms with E-state index in [9.17, 15) is 0 Å². The Balaban J connectivity index is 1.68. The molecule has 3 aliphatic rings. The van der Waals surface area contributed by atoms with E-state index >= 15 is 0 Å². The van der Waals surface area contributed by atoms with Crippen LogP contribution in [0.1, 0.15) is 30.9 Å². The van der Waals surface area contributed by atoms with Gasteiger partial charge in [0, 0.05) is 45.5 Å². The number of piperazine rings is 3. The zero-order valence-electron chi connectivity index (χ0n) is 11.7. The average Bonchev–Trinajstić information content (AvgIpc) is 2.49. The maximum Gasteiger partial charge on any atom is 0.147 e. The minimum absolute atomic E-state index is 0.397. The van der Waals surface area contributed by atoms with Gasteiger partial charge >= 0.3 is 0 Å². The van der Waals surface area contributed by atoms with E-state index in [4.69, 9.17) is 4.98 Å². The highest BCUT2D eigenvalue weighted by molar-refractivity contribution is 5.08. The summed E-state index contributed by atoms with van der Waals surface area (Å²) in [6.45, 7) is 9.88. The molecule has 3 fully saturated rings. The van der Waals surface area contributed by atoms with E-state index in [1.54, 1.807) is 0 Å². The van der Waals surface area contributed by atoms with Crippen molar-refractivity contribution in [3.05, 3.63) is 23.8 Å². The van der Waals surface area contributed by atoms with Crippen molar-refractivity contribution < 1.29 is 0 Å². The number of aromatic nitrogens is 2. The highest BCUT2D eigenvalue weighted by Gasteiger charge is 2.34. The lowest BCUT2D eigenvalue weighted by Crippen LogP contribution is -2.57. The van der Waals surface area contributed by atoms with Crippen LogP contribution in [0.5, 0.6) is 0 Å². The molecule has 0 radical (unpaired) electrons. The minimum Gasteiger partial charge on any atom is -0.311 e. The Morgan fingerprint density at radius 1 is 1.32 bits per heavy atom. The maximum atomic E-state index is 4.75. The highest BCUT2D eigenvalue weighted by Crippen LogP contribution is 2.26. The summed E-state index contributed by atoms with van der Waals surface area (Å²) in [6, 6.07) is 2.41. The molecular formula is C14H23N5. The first-order valence-electron chi connectivity index (χ1n) is 7.36. The van der Waals surface area contributed by atoms with Gasteiger partial charge < -0.3 is 5.32 Å². The molecule has 0 amide bonds. The summed E-state index contributed by atoms with van der Waals surface area (Å²) in [4.78, 5) is 14.3. The lowest BCUT2D eigenvalue weighted by molar-refractivity contribution is 0.00855. The van der Waals surface area contributed by atoms with Gasteiger partial charge in [0.2, 0.25) is 0 Å². The van der Waals surface area contributed by atoms with Crippen LogP contribution >= 0.6 is 0 Å². The Morgan fingerprint density at radius 3 is 2.84 bits per heavy atom. The van der Waals surface area contributed by atoms with Gasteiger partial charge in [-0.1, -0.05) is 6.92 Å². The van der Waals surface area contributed by atoms with Crippen LogP contribution < -0.4 is 5.32 Å². The molecule has 19 heavy (non-hydrogen) atoms. The van der Waals surface area contributed by atoms with Gasteiger partial charge in [-0.3, -0.25) is 9.80 Å². The topological polar surface area (TPSA) is 44.3 Å². The molecule has 4 heterocycles. The molecule has 4 rings (SSSR count). The van der Waals surface area contributed by atoms with E-state index in [1.165, 1.54) is 13.1 Å². The fraction of sp³-hybridized carbons (Fsp3) is 0.714. The van der Waals surface area contributed by atoms with Crippen molar-refractivity contribution in [1.82, 2.24) is 25.1 Å². The van der Waals surface area contributed by atoms with Crippen molar-refractivity contribution in [1.29, 1.82) is 0 Å². The van der Waals surface area contributed by atoms with Gasteiger partial charge in [0.05, 0.1) is 11.7 Å². The lowest BCUT2D eigenvalue weighted by Gasteiger charge is -2.46. The van der Waals surface area contributed by atoms with Crippen molar-refractivity contribution in [3.63, 3.8) is 0 Å². The largest absolute Gasteiger partial charge is 0.311 e. The van der Waals surface area contributed by atoms with Crippen molar-refractivity contribution in [2.75, 3.05) is 39.3 Å². The zero-order chi connectivity index (χ0) is 13.1. The third-order valence-electron chi connectivity index (χ3n) is 4.04. The molecule has 1 aromatic heterocycles. The van der Waals surface area contributed by atoms with Crippen molar-refractivity contribution in [3.8, 4) is 0 Å². The average molecular weight is 261 g/mol. The van der Waals surface area contributed by atoms with E-state index in [0.29, 0.717) is 6.04 Å². The molecule has 0 aliphatic carbocycles. The first kappa shape index (κ1) is 13.0. The molecule has 5 heteroatoms. The zero-order valence-corrected chi connectivity index (χ0v) is 11.7. The van der Waals surface area contributed by atoms with E-state index in [-0.39, 0.29) is 0 Å². The molecule has 1 atom stereocenters.